The van der Waals surface area contributed by atoms with Crippen molar-refractivity contribution in [2.24, 2.45) is 0 Å². The van der Waals surface area contributed by atoms with Gasteiger partial charge in [-0.2, -0.15) is 0 Å². The topological polar surface area (TPSA) is 90.4 Å². The molecule has 0 fully saturated rings. The van der Waals surface area contributed by atoms with E-state index in [4.69, 9.17) is 9.47 Å². The van der Waals surface area contributed by atoms with E-state index in [9.17, 15) is 8.42 Å². The van der Waals surface area contributed by atoms with Gasteiger partial charge in [0.1, 0.15) is 5.82 Å². The Labute approximate surface area is 150 Å². The van der Waals surface area contributed by atoms with Crippen LogP contribution >= 0.6 is 0 Å². The Kier molecular flexibility index (Phi) is 4.18. The molecule has 0 amide bonds. The predicted molar refractivity (Wildman–Crippen MR) is 93.8 cm³/mol. The van der Waals surface area contributed by atoms with Crippen molar-refractivity contribution in [2.75, 3.05) is 12.1 Å². The molecule has 1 aromatic heterocycles. The molecule has 0 saturated heterocycles. The molecule has 0 saturated carbocycles. The quantitative estimate of drug-likeness (QED) is 0.739. The van der Waals surface area contributed by atoms with Crippen molar-refractivity contribution in [2.45, 2.75) is 16.5 Å². The maximum Gasteiger partial charge on any atom is 0.231 e. The van der Waals surface area contributed by atoms with E-state index in [1.165, 1.54) is 18.2 Å². The number of nitrogens with zero attached hydrogens (tertiary/aromatic N) is 2. The zero-order chi connectivity index (χ0) is 18.0. The van der Waals surface area contributed by atoms with E-state index in [-0.39, 0.29) is 16.7 Å². The molecule has 3 aromatic rings. The van der Waals surface area contributed by atoms with Gasteiger partial charge in [0.25, 0.3) is 0 Å². The summed E-state index contributed by atoms with van der Waals surface area (Å²) in [5.74, 6) is 1.92. The second-order valence-corrected chi connectivity index (χ2v) is 7.51. The van der Waals surface area contributed by atoms with E-state index in [0.717, 1.165) is 11.3 Å². The minimum Gasteiger partial charge on any atom is -0.454 e. The van der Waals surface area contributed by atoms with E-state index in [1.807, 2.05) is 18.2 Å². The van der Waals surface area contributed by atoms with Crippen molar-refractivity contribution in [1.82, 2.24) is 10.2 Å². The van der Waals surface area contributed by atoms with Gasteiger partial charge in [-0.3, -0.25) is 0 Å². The number of nitrogens with one attached hydrogen (secondary N) is 1. The minimum atomic E-state index is -3.66. The Morgan fingerprint density at radius 2 is 1.73 bits per heavy atom. The van der Waals surface area contributed by atoms with Crippen molar-refractivity contribution < 1.29 is 17.9 Å². The van der Waals surface area contributed by atoms with Gasteiger partial charge < -0.3 is 14.8 Å². The molecule has 0 spiro atoms. The number of anilines is 1. The highest BCUT2D eigenvalue weighted by Crippen LogP contribution is 2.32. The highest BCUT2D eigenvalue weighted by molar-refractivity contribution is 7.91. The third-order valence-corrected chi connectivity index (χ3v) is 5.54. The molecule has 2 aromatic carbocycles. The van der Waals surface area contributed by atoms with Gasteiger partial charge in [-0.25, -0.2) is 8.42 Å². The van der Waals surface area contributed by atoms with Crippen molar-refractivity contribution in [1.29, 1.82) is 0 Å². The monoisotopic (exact) mass is 369 g/mol. The fraction of sp³-hybridized carbons (Fsp3) is 0.111. The molecule has 0 atom stereocenters. The van der Waals surface area contributed by atoms with E-state index in [2.05, 4.69) is 15.5 Å². The summed E-state index contributed by atoms with van der Waals surface area (Å²) in [6.45, 7) is 0.727. The Morgan fingerprint density at radius 3 is 2.50 bits per heavy atom. The van der Waals surface area contributed by atoms with Gasteiger partial charge >= 0.3 is 0 Å². The molecule has 1 aliphatic rings. The van der Waals surface area contributed by atoms with Crippen LogP contribution < -0.4 is 14.8 Å². The van der Waals surface area contributed by atoms with Crippen LogP contribution in [0.3, 0.4) is 0 Å². The van der Waals surface area contributed by atoms with Gasteiger partial charge in [-0.05, 0) is 42.0 Å². The summed E-state index contributed by atoms with van der Waals surface area (Å²) in [4.78, 5) is 0.190. The van der Waals surface area contributed by atoms with Crippen LogP contribution in [0.2, 0.25) is 0 Å². The Hall–Kier alpha value is -3.13. The molecular weight excluding hydrogens is 354 g/mol. The van der Waals surface area contributed by atoms with Crippen LogP contribution in [0, 0.1) is 0 Å². The smallest absolute Gasteiger partial charge is 0.231 e. The zero-order valence-electron chi connectivity index (χ0n) is 13.6. The van der Waals surface area contributed by atoms with Crippen LogP contribution in [-0.4, -0.2) is 25.4 Å². The first-order valence-corrected chi connectivity index (χ1v) is 9.37. The van der Waals surface area contributed by atoms with E-state index in [0.29, 0.717) is 18.1 Å². The van der Waals surface area contributed by atoms with Crippen molar-refractivity contribution >= 4 is 15.7 Å². The third kappa shape index (κ3) is 3.18. The van der Waals surface area contributed by atoms with Gasteiger partial charge in [0.05, 0.1) is 4.90 Å². The number of hydrogen-bond donors (Lipinski definition) is 1. The lowest BCUT2D eigenvalue weighted by molar-refractivity contribution is 0.174. The zero-order valence-corrected chi connectivity index (χ0v) is 14.4. The van der Waals surface area contributed by atoms with E-state index in [1.54, 1.807) is 24.3 Å². The van der Waals surface area contributed by atoms with Gasteiger partial charge in [-0.1, -0.05) is 24.3 Å². The molecule has 0 unspecified atom stereocenters. The average molecular weight is 369 g/mol. The highest BCUT2D eigenvalue weighted by Gasteiger charge is 2.19. The Bertz CT molecular complexity index is 1020. The number of rotatable bonds is 5. The van der Waals surface area contributed by atoms with Gasteiger partial charge in [0.2, 0.25) is 16.6 Å². The lowest BCUT2D eigenvalue weighted by atomic mass is 10.2. The minimum absolute atomic E-state index is 0.0858. The number of fused-ring (bicyclic) bond motifs is 1. The Morgan fingerprint density at radius 1 is 0.923 bits per heavy atom. The van der Waals surface area contributed by atoms with Gasteiger partial charge in [-0.15, -0.1) is 10.2 Å². The summed E-state index contributed by atoms with van der Waals surface area (Å²) in [6, 6.07) is 16.8. The molecule has 4 rings (SSSR count). The summed E-state index contributed by atoms with van der Waals surface area (Å²) in [6.07, 6.45) is 0. The van der Waals surface area contributed by atoms with Crippen LogP contribution in [0.4, 0.5) is 5.82 Å². The number of ether oxygens (including phenoxy) is 2. The molecule has 0 radical (unpaired) electrons. The van der Waals surface area contributed by atoms with Gasteiger partial charge in [0.15, 0.2) is 16.5 Å². The lowest BCUT2D eigenvalue weighted by Gasteiger charge is -2.07. The summed E-state index contributed by atoms with van der Waals surface area (Å²) in [5, 5.41) is 10.8. The van der Waals surface area contributed by atoms with Crippen LogP contribution in [-0.2, 0) is 16.4 Å². The fourth-order valence-corrected chi connectivity index (χ4v) is 3.67. The molecule has 1 N–H and O–H groups in total. The SMILES string of the molecule is O=S(=O)(c1ccccc1)c1ccc(NCc2ccc3c(c2)OCO3)nn1. The molecule has 1 aliphatic heterocycles. The van der Waals surface area contributed by atoms with Crippen molar-refractivity contribution in [3.63, 3.8) is 0 Å². The van der Waals surface area contributed by atoms with Crippen LogP contribution in [0.5, 0.6) is 11.5 Å². The molecule has 26 heavy (non-hydrogen) atoms. The van der Waals surface area contributed by atoms with E-state index < -0.39 is 9.84 Å². The van der Waals surface area contributed by atoms with Gasteiger partial charge in [0, 0.05) is 6.54 Å². The third-order valence-electron chi connectivity index (χ3n) is 3.88. The average Bonchev–Trinajstić information content (AvgIpc) is 3.15. The molecular formula is C18H15N3O4S. The molecule has 2 heterocycles. The lowest BCUT2D eigenvalue weighted by Crippen LogP contribution is -2.08. The second kappa shape index (κ2) is 6.64. The second-order valence-electron chi connectivity index (χ2n) is 5.61. The van der Waals surface area contributed by atoms with Crippen molar-refractivity contribution in [3.05, 3.63) is 66.2 Å². The molecule has 0 bridgehead atoms. The maximum absolute atomic E-state index is 12.5. The fourth-order valence-electron chi connectivity index (χ4n) is 2.52. The number of hydrogen-bond acceptors (Lipinski definition) is 7. The normalized spacial score (nSPS) is 12.8. The maximum atomic E-state index is 12.5. The van der Waals surface area contributed by atoms with Crippen LogP contribution in [0.1, 0.15) is 5.56 Å². The number of aromatic nitrogens is 2. The Balaban J connectivity index is 1.46. The molecule has 0 aliphatic carbocycles. The van der Waals surface area contributed by atoms with Crippen molar-refractivity contribution in [3.8, 4) is 11.5 Å². The largest absolute Gasteiger partial charge is 0.454 e. The summed E-state index contributed by atoms with van der Waals surface area (Å²) in [7, 11) is -3.66. The summed E-state index contributed by atoms with van der Waals surface area (Å²) >= 11 is 0. The summed E-state index contributed by atoms with van der Waals surface area (Å²) < 4.78 is 35.6. The number of sulfone groups is 1. The molecule has 8 heteroatoms. The molecule has 7 nitrogen and oxygen atoms in total. The summed E-state index contributed by atoms with van der Waals surface area (Å²) in [5.41, 5.74) is 0.983. The standard InChI is InChI=1S/C18H15N3O4S/c22-26(23,14-4-2-1-3-5-14)18-9-8-17(20-21-18)19-11-13-6-7-15-16(10-13)25-12-24-15/h1-10H,11-12H2,(H,19,20). The predicted octanol–water partition coefficient (Wildman–Crippen LogP) is 2.65. The molecule has 132 valence electrons. The van der Waals surface area contributed by atoms with Crippen LogP contribution in [0.15, 0.2) is 70.6 Å². The van der Waals surface area contributed by atoms with Crippen LogP contribution in [0.25, 0.3) is 0 Å². The highest BCUT2D eigenvalue weighted by atomic mass is 32.2. The first-order chi connectivity index (χ1) is 12.6. The first-order valence-electron chi connectivity index (χ1n) is 7.89. The number of benzene rings is 2. The van der Waals surface area contributed by atoms with E-state index >= 15 is 0 Å². The first kappa shape index (κ1) is 16.3.